The molecule has 1 saturated heterocycles. The number of benzene rings is 1. The monoisotopic (exact) mass is 330 g/mol. The first kappa shape index (κ1) is 15.7. The minimum absolute atomic E-state index is 0.217. The number of thiophene rings is 1. The van der Waals surface area contributed by atoms with Gasteiger partial charge in [-0.3, -0.25) is 9.59 Å². The highest BCUT2D eigenvalue weighted by Crippen LogP contribution is 2.39. The number of aryl methyl sites for hydroxylation is 1. The molecule has 1 aromatic carbocycles. The Labute approximate surface area is 138 Å². The molecule has 1 fully saturated rings. The number of anilines is 1. The number of nitrogens with one attached hydrogen (secondary N) is 1. The molecule has 0 radical (unpaired) electrons. The third-order valence-electron chi connectivity index (χ3n) is 3.85. The van der Waals surface area contributed by atoms with Crippen LogP contribution in [0.3, 0.4) is 0 Å². The van der Waals surface area contributed by atoms with E-state index in [1.807, 2.05) is 37.3 Å². The van der Waals surface area contributed by atoms with Crippen molar-refractivity contribution in [2.75, 3.05) is 11.9 Å². The number of nitrogens with two attached hydrogens (primary N) is 1. The minimum Gasteiger partial charge on any atom is -0.368 e. The summed E-state index contributed by atoms with van der Waals surface area (Å²) in [6.07, 6.45) is 1.13. The van der Waals surface area contributed by atoms with Crippen LogP contribution in [-0.2, 0) is 9.53 Å². The summed E-state index contributed by atoms with van der Waals surface area (Å²) in [7, 11) is 0. The van der Waals surface area contributed by atoms with E-state index in [-0.39, 0.29) is 5.91 Å². The molecular weight excluding hydrogens is 312 g/mol. The van der Waals surface area contributed by atoms with Crippen LogP contribution in [0.2, 0.25) is 0 Å². The van der Waals surface area contributed by atoms with Gasteiger partial charge in [-0.1, -0.05) is 30.3 Å². The van der Waals surface area contributed by atoms with Gasteiger partial charge in [0.05, 0.1) is 5.56 Å². The van der Waals surface area contributed by atoms with Crippen LogP contribution >= 0.6 is 11.3 Å². The zero-order chi connectivity index (χ0) is 16.4. The molecule has 1 aliphatic rings. The molecule has 1 aromatic heterocycles. The first-order chi connectivity index (χ1) is 11.1. The molecule has 2 heterocycles. The third-order valence-corrected chi connectivity index (χ3v) is 4.87. The van der Waals surface area contributed by atoms with Crippen molar-refractivity contribution in [2.45, 2.75) is 25.9 Å². The largest absolute Gasteiger partial charge is 0.368 e. The van der Waals surface area contributed by atoms with Crippen LogP contribution in [0.25, 0.3) is 11.1 Å². The Kier molecular flexibility index (Phi) is 4.45. The number of hydrogen-bond donors (Lipinski definition) is 2. The van der Waals surface area contributed by atoms with Crippen molar-refractivity contribution in [3.8, 4) is 11.1 Å². The highest BCUT2D eigenvalue weighted by atomic mass is 32.1. The van der Waals surface area contributed by atoms with Crippen LogP contribution in [0.5, 0.6) is 0 Å². The van der Waals surface area contributed by atoms with Crippen LogP contribution in [0, 0.1) is 6.92 Å². The van der Waals surface area contributed by atoms with Gasteiger partial charge >= 0.3 is 0 Å². The van der Waals surface area contributed by atoms with E-state index in [9.17, 15) is 9.59 Å². The number of amides is 2. The summed E-state index contributed by atoms with van der Waals surface area (Å²) in [6.45, 7) is 2.51. The van der Waals surface area contributed by atoms with Gasteiger partial charge in [0.2, 0.25) is 0 Å². The molecular formula is C17H18N2O3S. The second kappa shape index (κ2) is 6.52. The fourth-order valence-electron chi connectivity index (χ4n) is 2.80. The lowest BCUT2D eigenvalue weighted by Gasteiger charge is -2.10. The van der Waals surface area contributed by atoms with Crippen molar-refractivity contribution in [3.63, 3.8) is 0 Å². The zero-order valence-corrected chi connectivity index (χ0v) is 13.6. The topological polar surface area (TPSA) is 81.4 Å². The Bertz CT molecular complexity index is 734. The van der Waals surface area contributed by atoms with Crippen LogP contribution in [0.4, 0.5) is 5.00 Å². The molecule has 2 aromatic rings. The van der Waals surface area contributed by atoms with Gasteiger partial charge in [0.25, 0.3) is 11.8 Å². The van der Waals surface area contributed by atoms with Crippen molar-refractivity contribution in [1.29, 1.82) is 0 Å². The summed E-state index contributed by atoms with van der Waals surface area (Å²) >= 11 is 1.36. The number of rotatable bonds is 4. The van der Waals surface area contributed by atoms with Crippen molar-refractivity contribution in [2.24, 2.45) is 5.73 Å². The molecule has 0 bridgehead atoms. The predicted molar refractivity (Wildman–Crippen MR) is 90.6 cm³/mol. The van der Waals surface area contributed by atoms with Gasteiger partial charge in [-0.2, -0.15) is 0 Å². The van der Waals surface area contributed by atoms with E-state index in [4.69, 9.17) is 10.5 Å². The smallest absolute Gasteiger partial charge is 0.254 e. The van der Waals surface area contributed by atoms with Crippen LogP contribution in [0.1, 0.15) is 28.1 Å². The van der Waals surface area contributed by atoms with E-state index in [2.05, 4.69) is 5.32 Å². The molecule has 3 N–H and O–H groups in total. The second-order valence-electron chi connectivity index (χ2n) is 5.46. The van der Waals surface area contributed by atoms with E-state index < -0.39 is 12.0 Å². The fraction of sp³-hybridized carbons (Fsp3) is 0.294. The van der Waals surface area contributed by atoms with E-state index in [1.165, 1.54) is 11.3 Å². The summed E-state index contributed by atoms with van der Waals surface area (Å²) in [6, 6.07) is 9.57. The van der Waals surface area contributed by atoms with Gasteiger partial charge < -0.3 is 15.8 Å². The van der Waals surface area contributed by atoms with E-state index in [0.717, 1.165) is 22.4 Å². The van der Waals surface area contributed by atoms with Crippen LogP contribution in [-0.4, -0.2) is 24.5 Å². The lowest BCUT2D eigenvalue weighted by Crippen LogP contribution is -2.27. The quantitative estimate of drug-likeness (QED) is 0.904. The summed E-state index contributed by atoms with van der Waals surface area (Å²) in [5, 5.41) is 3.31. The van der Waals surface area contributed by atoms with Crippen LogP contribution in [0.15, 0.2) is 30.3 Å². The number of carbonyl (C=O) groups is 2. The Hall–Kier alpha value is -2.18. The third kappa shape index (κ3) is 3.13. The van der Waals surface area contributed by atoms with Crippen molar-refractivity contribution in [1.82, 2.24) is 0 Å². The molecule has 6 heteroatoms. The molecule has 1 unspecified atom stereocenters. The van der Waals surface area contributed by atoms with E-state index in [1.54, 1.807) is 0 Å². The van der Waals surface area contributed by atoms with Crippen molar-refractivity contribution >= 4 is 28.2 Å². The molecule has 5 nitrogen and oxygen atoms in total. The maximum Gasteiger partial charge on any atom is 0.254 e. The molecule has 2 amide bonds. The second-order valence-corrected chi connectivity index (χ2v) is 6.68. The van der Waals surface area contributed by atoms with Gasteiger partial charge in [0.1, 0.15) is 11.1 Å². The lowest BCUT2D eigenvalue weighted by atomic mass is 10.0. The molecule has 120 valence electrons. The molecule has 1 aliphatic heterocycles. The standard InChI is InChI=1S/C17H18N2O3S/c1-10-13(11-6-3-2-4-7-11)14(15(18)20)17(23-10)19-16(21)12-8-5-9-22-12/h2-4,6-7,12H,5,8-9H2,1H3,(H2,18,20)(H,19,21). The normalized spacial score (nSPS) is 17.2. The number of primary amides is 1. The van der Waals surface area contributed by atoms with Gasteiger partial charge in [0.15, 0.2) is 0 Å². The first-order valence-electron chi connectivity index (χ1n) is 7.49. The molecule has 0 spiro atoms. The first-order valence-corrected chi connectivity index (χ1v) is 8.30. The molecule has 0 aliphatic carbocycles. The van der Waals surface area contributed by atoms with Crippen molar-refractivity contribution in [3.05, 3.63) is 40.8 Å². The average Bonchev–Trinajstić information content (AvgIpc) is 3.16. The maximum absolute atomic E-state index is 12.3. The fourth-order valence-corrected chi connectivity index (χ4v) is 3.88. The number of carbonyl (C=O) groups excluding carboxylic acids is 2. The molecule has 23 heavy (non-hydrogen) atoms. The van der Waals surface area contributed by atoms with Gasteiger partial charge in [0, 0.05) is 17.0 Å². The Balaban J connectivity index is 1.98. The highest BCUT2D eigenvalue weighted by Gasteiger charge is 2.27. The Morgan fingerprint density at radius 1 is 1.30 bits per heavy atom. The van der Waals surface area contributed by atoms with Gasteiger partial charge in [-0.25, -0.2) is 0 Å². The lowest BCUT2D eigenvalue weighted by molar-refractivity contribution is -0.124. The Morgan fingerprint density at radius 2 is 2.04 bits per heavy atom. The Morgan fingerprint density at radius 3 is 2.65 bits per heavy atom. The molecule has 0 saturated carbocycles. The molecule has 3 rings (SSSR count). The predicted octanol–water partition coefficient (Wildman–Crippen LogP) is 2.94. The van der Waals surface area contributed by atoms with E-state index in [0.29, 0.717) is 23.6 Å². The average molecular weight is 330 g/mol. The summed E-state index contributed by atoms with van der Waals surface area (Å²) < 4.78 is 5.39. The summed E-state index contributed by atoms with van der Waals surface area (Å²) in [4.78, 5) is 25.2. The summed E-state index contributed by atoms with van der Waals surface area (Å²) in [5.74, 6) is -0.762. The minimum atomic E-state index is -0.546. The van der Waals surface area contributed by atoms with Crippen molar-refractivity contribution < 1.29 is 14.3 Å². The number of hydrogen-bond acceptors (Lipinski definition) is 4. The SMILES string of the molecule is Cc1sc(NC(=O)C2CCCO2)c(C(N)=O)c1-c1ccccc1. The van der Waals surface area contributed by atoms with Crippen LogP contribution < -0.4 is 11.1 Å². The summed E-state index contributed by atoms with van der Waals surface area (Å²) in [5.41, 5.74) is 7.64. The zero-order valence-electron chi connectivity index (χ0n) is 12.8. The number of ether oxygens (including phenoxy) is 1. The van der Waals surface area contributed by atoms with Gasteiger partial charge in [-0.15, -0.1) is 11.3 Å². The van der Waals surface area contributed by atoms with Gasteiger partial charge in [-0.05, 0) is 25.3 Å². The highest BCUT2D eigenvalue weighted by molar-refractivity contribution is 7.17. The molecule has 1 atom stereocenters. The van der Waals surface area contributed by atoms with E-state index >= 15 is 0 Å². The maximum atomic E-state index is 12.3.